The molecule has 2 rings (SSSR count). The minimum atomic E-state index is -3.89. The third-order valence-corrected chi connectivity index (χ3v) is 7.72. The van der Waals surface area contributed by atoms with Crippen LogP contribution in [0, 0.1) is 6.92 Å². The van der Waals surface area contributed by atoms with Gasteiger partial charge in [0.2, 0.25) is 21.8 Å². The summed E-state index contributed by atoms with van der Waals surface area (Å²) in [6, 6.07) is 10.6. The lowest BCUT2D eigenvalue weighted by molar-refractivity contribution is -0.141. The maximum Gasteiger partial charge on any atom is 0.243 e. The minimum Gasteiger partial charge on any atom is -0.355 e. The summed E-state index contributed by atoms with van der Waals surface area (Å²) >= 11 is 12.1. The molecule has 33 heavy (non-hydrogen) atoms. The molecule has 0 aliphatic carbocycles. The van der Waals surface area contributed by atoms with Gasteiger partial charge in [0.25, 0.3) is 0 Å². The normalized spacial score (nSPS) is 12.5. The Kier molecular flexibility index (Phi) is 9.72. The van der Waals surface area contributed by atoms with Crippen LogP contribution >= 0.6 is 23.2 Å². The molecule has 2 amide bonds. The van der Waals surface area contributed by atoms with Crippen LogP contribution in [-0.2, 0) is 26.2 Å². The number of nitrogens with zero attached hydrogens (tertiary/aromatic N) is 2. The second kappa shape index (κ2) is 11.8. The molecule has 0 bridgehead atoms. The van der Waals surface area contributed by atoms with E-state index < -0.39 is 28.5 Å². The van der Waals surface area contributed by atoms with Crippen LogP contribution in [0.3, 0.4) is 0 Å². The van der Waals surface area contributed by atoms with Gasteiger partial charge >= 0.3 is 0 Å². The molecule has 0 aliphatic rings. The molecule has 7 nitrogen and oxygen atoms in total. The van der Waals surface area contributed by atoms with E-state index in [-0.39, 0.29) is 17.3 Å². The van der Waals surface area contributed by atoms with Crippen LogP contribution in [0.15, 0.2) is 47.4 Å². The quantitative estimate of drug-likeness (QED) is 0.522. The molecular weight excluding hydrogens is 485 g/mol. The van der Waals surface area contributed by atoms with Crippen molar-refractivity contribution in [2.75, 3.05) is 20.1 Å². The predicted molar refractivity (Wildman–Crippen MR) is 131 cm³/mol. The Hall–Kier alpha value is -2.13. The van der Waals surface area contributed by atoms with Gasteiger partial charge < -0.3 is 10.2 Å². The van der Waals surface area contributed by atoms with Gasteiger partial charge in [-0.2, -0.15) is 4.31 Å². The third kappa shape index (κ3) is 6.93. The largest absolute Gasteiger partial charge is 0.355 e. The highest BCUT2D eigenvalue weighted by Gasteiger charge is 2.31. The van der Waals surface area contributed by atoms with Crippen molar-refractivity contribution < 1.29 is 18.0 Å². The fourth-order valence-corrected chi connectivity index (χ4v) is 4.74. The van der Waals surface area contributed by atoms with Gasteiger partial charge in [-0.25, -0.2) is 8.42 Å². The number of carbonyl (C=O) groups excluding carboxylic acids is 2. The van der Waals surface area contributed by atoms with Gasteiger partial charge in [0, 0.05) is 20.1 Å². The van der Waals surface area contributed by atoms with Gasteiger partial charge in [-0.1, -0.05) is 53.9 Å². The average Bonchev–Trinajstić information content (AvgIpc) is 2.76. The molecular formula is C23H29Cl2N3O4S. The van der Waals surface area contributed by atoms with Crippen molar-refractivity contribution in [3.8, 4) is 0 Å². The minimum absolute atomic E-state index is 0.0732. The van der Waals surface area contributed by atoms with Gasteiger partial charge in [0.15, 0.2) is 0 Å². The first-order valence-corrected chi connectivity index (χ1v) is 12.7. The summed E-state index contributed by atoms with van der Waals surface area (Å²) in [6.07, 6.45) is 0.354. The number of amides is 2. The smallest absolute Gasteiger partial charge is 0.243 e. The number of carbonyl (C=O) groups is 2. The molecule has 2 aromatic rings. The van der Waals surface area contributed by atoms with Gasteiger partial charge in [0.1, 0.15) is 6.04 Å². The number of hydrogen-bond donors (Lipinski definition) is 1. The van der Waals surface area contributed by atoms with Crippen LogP contribution in [0.1, 0.15) is 31.4 Å². The van der Waals surface area contributed by atoms with Gasteiger partial charge in [0.05, 0.1) is 21.5 Å². The Bertz CT molecular complexity index is 1090. The Balaban J connectivity index is 2.33. The number of sulfonamides is 1. The summed E-state index contributed by atoms with van der Waals surface area (Å²) in [5.41, 5.74) is 1.60. The van der Waals surface area contributed by atoms with Crippen LogP contribution in [0.25, 0.3) is 0 Å². The van der Waals surface area contributed by atoms with E-state index in [9.17, 15) is 18.0 Å². The topological polar surface area (TPSA) is 86.8 Å². The highest BCUT2D eigenvalue weighted by atomic mass is 35.5. The molecule has 0 heterocycles. The Morgan fingerprint density at radius 1 is 1.03 bits per heavy atom. The van der Waals surface area contributed by atoms with E-state index in [0.717, 1.165) is 9.87 Å². The van der Waals surface area contributed by atoms with E-state index in [1.807, 2.05) is 6.92 Å². The van der Waals surface area contributed by atoms with Crippen molar-refractivity contribution in [2.45, 2.75) is 44.7 Å². The molecule has 1 N–H and O–H groups in total. The monoisotopic (exact) mass is 513 g/mol. The number of likely N-dealkylation sites (N-methyl/N-ethyl adjacent to an activating group) is 2. The lowest BCUT2D eigenvalue weighted by atomic mass is 10.1. The zero-order valence-corrected chi connectivity index (χ0v) is 21.5. The first kappa shape index (κ1) is 27.1. The zero-order chi connectivity index (χ0) is 24.8. The average molecular weight is 514 g/mol. The van der Waals surface area contributed by atoms with Crippen LogP contribution < -0.4 is 5.32 Å². The molecule has 180 valence electrons. The van der Waals surface area contributed by atoms with Crippen molar-refractivity contribution in [2.24, 2.45) is 0 Å². The van der Waals surface area contributed by atoms with Gasteiger partial charge in [-0.3, -0.25) is 9.59 Å². The highest BCUT2D eigenvalue weighted by molar-refractivity contribution is 7.89. The van der Waals surface area contributed by atoms with E-state index in [1.54, 1.807) is 44.2 Å². The van der Waals surface area contributed by atoms with E-state index in [1.165, 1.54) is 24.1 Å². The van der Waals surface area contributed by atoms with Crippen molar-refractivity contribution in [1.82, 2.24) is 14.5 Å². The highest BCUT2D eigenvalue weighted by Crippen LogP contribution is 2.24. The predicted octanol–water partition coefficient (Wildman–Crippen LogP) is 3.87. The summed E-state index contributed by atoms with van der Waals surface area (Å²) < 4.78 is 26.9. The van der Waals surface area contributed by atoms with E-state index in [4.69, 9.17) is 23.2 Å². The molecule has 0 fully saturated rings. The van der Waals surface area contributed by atoms with Crippen LogP contribution in [-0.4, -0.2) is 55.6 Å². The van der Waals surface area contributed by atoms with E-state index in [0.29, 0.717) is 28.6 Å². The maximum absolute atomic E-state index is 13.3. The molecule has 0 aromatic heterocycles. The second-order valence-corrected chi connectivity index (χ2v) is 10.5. The SMILES string of the molecule is CCNC(=O)C(CC)N(Cc1ccc(Cl)c(Cl)c1)C(=O)CN(C)S(=O)(=O)c1ccc(C)cc1. The fourth-order valence-electron chi connectivity index (χ4n) is 3.30. The molecule has 0 radical (unpaired) electrons. The number of hydrogen-bond acceptors (Lipinski definition) is 4. The third-order valence-electron chi connectivity index (χ3n) is 5.16. The molecule has 0 saturated heterocycles. The molecule has 0 spiro atoms. The summed E-state index contributed by atoms with van der Waals surface area (Å²) in [5, 5.41) is 3.44. The standard InChI is InChI=1S/C23H29Cl2N3O4S/c1-5-21(23(30)26-6-2)28(14-17-9-12-19(24)20(25)13-17)22(29)15-27(4)33(31,32)18-10-7-16(3)8-11-18/h7-13,21H,5-6,14-15H2,1-4H3,(H,26,30). The molecule has 1 unspecified atom stereocenters. The number of aryl methyl sites for hydroxylation is 1. The molecule has 0 saturated carbocycles. The zero-order valence-electron chi connectivity index (χ0n) is 19.1. The first-order valence-electron chi connectivity index (χ1n) is 10.5. The second-order valence-electron chi connectivity index (χ2n) is 7.66. The fraction of sp³-hybridized carbons (Fsp3) is 0.391. The summed E-state index contributed by atoms with van der Waals surface area (Å²) in [4.78, 5) is 27.5. The lowest BCUT2D eigenvalue weighted by Gasteiger charge is -2.32. The Morgan fingerprint density at radius 3 is 2.21 bits per heavy atom. The number of benzene rings is 2. The molecule has 1 atom stereocenters. The van der Waals surface area contributed by atoms with Gasteiger partial charge in [-0.15, -0.1) is 0 Å². The molecule has 2 aromatic carbocycles. The lowest BCUT2D eigenvalue weighted by Crippen LogP contribution is -2.51. The van der Waals surface area contributed by atoms with Crippen LogP contribution in [0.4, 0.5) is 0 Å². The number of nitrogens with one attached hydrogen (secondary N) is 1. The van der Waals surface area contributed by atoms with E-state index in [2.05, 4.69) is 5.32 Å². The maximum atomic E-state index is 13.3. The van der Waals surface area contributed by atoms with E-state index >= 15 is 0 Å². The van der Waals surface area contributed by atoms with Crippen LogP contribution in [0.5, 0.6) is 0 Å². The van der Waals surface area contributed by atoms with Crippen molar-refractivity contribution in [3.63, 3.8) is 0 Å². The Labute approximate surface area is 205 Å². The molecule has 0 aliphatic heterocycles. The summed E-state index contributed by atoms with van der Waals surface area (Å²) in [7, 11) is -2.54. The van der Waals surface area contributed by atoms with Crippen molar-refractivity contribution in [3.05, 3.63) is 63.6 Å². The van der Waals surface area contributed by atoms with Crippen molar-refractivity contribution in [1.29, 1.82) is 0 Å². The van der Waals surface area contributed by atoms with Gasteiger partial charge in [-0.05, 0) is 50.1 Å². The number of halogens is 2. The summed E-state index contributed by atoms with van der Waals surface area (Å²) in [5.74, 6) is -0.810. The molecule has 10 heteroatoms. The Morgan fingerprint density at radius 2 is 1.67 bits per heavy atom. The first-order chi connectivity index (χ1) is 15.5. The van der Waals surface area contributed by atoms with Crippen molar-refractivity contribution >= 4 is 45.0 Å². The summed E-state index contributed by atoms with van der Waals surface area (Å²) in [6.45, 7) is 5.50. The number of rotatable bonds is 10. The van der Waals surface area contributed by atoms with Crippen LogP contribution in [0.2, 0.25) is 10.0 Å².